The van der Waals surface area contributed by atoms with Crippen LogP contribution in [-0.2, 0) is 24.1 Å². The average Bonchev–Trinajstić information content (AvgIpc) is 3.17. The molecule has 3 rings (SSSR count). The van der Waals surface area contributed by atoms with Gasteiger partial charge in [0.25, 0.3) is 0 Å². The Balaban J connectivity index is 1.62. The van der Waals surface area contributed by atoms with Crippen molar-refractivity contribution in [3.8, 4) is 17.0 Å². The number of thiazole rings is 1. The van der Waals surface area contributed by atoms with E-state index >= 15 is 0 Å². The first-order chi connectivity index (χ1) is 15.3. The van der Waals surface area contributed by atoms with Crippen molar-refractivity contribution >= 4 is 28.9 Å². The molecule has 0 fully saturated rings. The zero-order valence-electron chi connectivity index (χ0n) is 18.1. The maximum atomic E-state index is 12.7. The number of nitrogens with zero attached hydrogens (tertiary/aromatic N) is 2. The zero-order chi connectivity index (χ0) is 24.4. The number of ether oxygens (including phenoxy) is 1. The van der Waals surface area contributed by atoms with E-state index in [1.807, 2.05) is 23.4 Å². The van der Waals surface area contributed by atoms with Crippen molar-refractivity contribution < 1.29 is 27.8 Å². The Morgan fingerprint density at radius 2 is 1.82 bits per heavy atom. The Kier molecular flexibility index (Phi) is 7.36. The minimum absolute atomic E-state index is 0.288. The lowest BCUT2D eigenvalue weighted by atomic mass is 10.1. The fourth-order valence-corrected chi connectivity index (χ4v) is 4.11. The fourth-order valence-electron chi connectivity index (χ4n) is 2.99. The molecule has 33 heavy (non-hydrogen) atoms. The number of alkyl halides is 3. The molecule has 0 aliphatic rings. The van der Waals surface area contributed by atoms with Gasteiger partial charge >= 0.3 is 12.1 Å². The first-order valence-corrected chi connectivity index (χ1v) is 11.1. The number of carboxylic acid groups (broad SMARTS) is 1. The second-order valence-electron chi connectivity index (χ2n) is 8.06. The molecule has 2 aromatic carbocycles. The van der Waals surface area contributed by atoms with Crippen molar-refractivity contribution in [3.63, 3.8) is 0 Å². The number of aliphatic carboxylic acids is 1. The third-order valence-corrected chi connectivity index (χ3v) is 5.92. The van der Waals surface area contributed by atoms with Gasteiger partial charge in [0.05, 0.1) is 22.8 Å². The highest BCUT2D eigenvalue weighted by atomic mass is 35.5. The number of hydrogen-bond acceptors (Lipinski definition) is 5. The number of benzene rings is 2. The summed E-state index contributed by atoms with van der Waals surface area (Å²) in [7, 11) is 1.91. The number of rotatable bonds is 8. The van der Waals surface area contributed by atoms with Gasteiger partial charge in [-0.25, -0.2) is 9.78 Å². The van der Waals surface area contributed by atoms with Gasteiger partial charge in [-0.05, 0) is 50.7 Å². The van der Waals surface area contributed by atoms with Gasteiger partial charge in [-0.1, -0.05) is 29.8 Å². The second-order valence-corrected chi connectivity index (χ2v) is 9.41. The van der Waals surface area contributed by atoms with Crippen LogP contribution >= 0.6 is 22.9 Å². The number of aromatic nitrogens is 1. The molecule has 176 valence electrons. The monoisotopic (exact) mass is 498 g/mol. The van der Waals surface area contributed by atoms with Gasteiger partial charge in [0.15, 0.2) is 5.60 Å². The molecule has 1 aromatic heterocycles. The summed E-state index contributed by atoms with van der Waals surface area (Å²) in [4.78, 5) is 17.8. The Morgan fingerprint density at radius 3 is 2.39 bits per heavy atom. The van der Waals surface area contributed by atoms with Crippen LogP contribution in [0, 0.1) is 0 Å². The number of halogens is 4. The fraction of sp³-hybridized carbons (Fsp3) is 0.304. The third kappa shape index (κ3) is 6.46. The van der Waals surface area contributed by atoms with Crippen molar-refractivity contribution in [2.24, 2.45) is 0 Å². The molecule has 0 atom stereocenters. The number of carboxylic acids is 1. The van der Waals surface area contributed by atoms with Crippen LogP contribution in [0.2, 0.25) is 5.02 Å². The molecular weight excluding hydrogens is 477 g/mol. The molecule has 0 radical (unpaired) electrons. The van der Waals surface area contributed by atoms with Gasteiger partial charge in [-0.2, -0.15) is 13.2 Å². The quantitative estimate of drug-likeness (QED) is 0.391. The minimum atomic E-state index is -4.37. The molecule has 3 aromatic rings. The van der Waals surface area contributed by atoms with E-state index in [9.17, 15) is 23.1 Å². The molecule has 1 heterocycles. The third-order valence-electron chi connectivity index (χ3n) is 4.79. The van der Waals surface area contributed by atoms with Crippen molar-refractivity contribution in [2.45, 2.75) is 38.7 Å². The van der Waals surface area contributed by atoms with E-state index in [0.29, 0.717) is 29.4 Å². The largest absolute Gasteiger partial charge is 0.478 e. The van der Waals surface area contributed by atoms with E-state index in [1.54, 1.807) is 12.1 Å². The summed E-state index contributed by atoms with van der Waals surface area (Å²) < 4.78 is 43.7. The Hall–Kier alpha value is -2.62. The summed E-state index contributed by atoms with van der Waals surface area (Å²) in [6, 6.07) is 10.1. The van der Waals surface area contributed by atoms with Gasteiger partial charge in [0.1, 0.15) is 10.8 Å². The maximum Gasteiger partial charge on any atom is 0.416 e. The van der Waals surface area contributed by atoms with Crippen LogP contribution in [0.1, 0.15) is 30.0 Å². The van der Waals surface area contributed by atoms with Crippen LogP contribution in [0.4, 0.5) is 13.2 Å². The first-order valence-electron chi connectivity index (χ1n) is 9.86. The molecule has 1 N–H and O–H groups in total. The van der Waals surface area contributed by atoms with Gasteiger partial charge < -0.3 is 9.84 Å². The van der Waals surface area contributed by atoms with Crippen molar-refractivity contribution in [1.82, 2.24) is 9.88 Å². The predicted octanol–water partition coefficient (Wildman–Crippen LogP) is 6.36. The Labute approximate surface area is 198 Å². The van der Waals surface area contributed by atoms with Crippen LogP contribution in [0.3, 0.4) is 0 Å². The molecule has 0 bridgehead atoms. The van der Waals surface area contributed by atoms with Crippen LogP contribution in [0.5, 0.6) is 5.75 Å². The van der Waals surface area contributed by atoms with Crippen LogP contribution < -0.4 is 4.74 Å². The van der Waals surface area contributed by atoms with E-state index < -0.39 is 23.3 Å². The normalized spacial score (nSPS) is 12.2. The van der Waals surface area contributed by atoms with Crippen molar-refractivity contribution in [3.05, 3.63) is 69.0 Å². The second kappa shape index (κ2) is 9.70. The molecule has 0 aliphatic heterocycles. The number of carbonyl (C=O) groups is 1. The van der Waals surface area contributed by atoms with Crippen molar-refractivity contribution in [1.29, 1.82) is 0 Å². The Morgan fingerprint density at radius 1 is 1.15 bits per heavy atom. The molecule has 5 nitrogen and oxygen atoms in total. The molecule has 0 saturated heterocycles. The summed E-state index contributed by atoms with van der Waals surface area (Å²) in [6.07, 6.45) is -4.37. The standard InChI is InChI=1S/C23H22ClF3N2O3S/c1-22(2,21(30)31)32-19-9-4-14(10-17(19)24)11-29(3)12-20-28-18(13-33-20)15-5-7-16(8-6-15)23(25,26)27/h4-10,13H,11-12H2,1-3H3,(H,30,31). The lowest BCUT2D eigenvalue weighted by molar-refractivity contribution is -0.152. The lowest BCUT2D eigenvalue weighted by Gasteiger charge is -2.23. The van der Waals surface area contributed by atoms with E-state index in [4.69, 9.17) is 16.3 Å². The molecule has 0 spiro atoms. The lowest BCUT2D eigenvalue weighted by Crippen LogP contribution is -2.37. The summed E-state index contributed by atoms with van der Waals surface area (Å²) in [6.45, 7) is 3.98. The van der Waals surface area contributed by atoms with Crippen LogP contribution in [0.25, 0.3) is 11.3 Å². The van der Waals surface area contributed by atoms with E-state index in [2.05, 4.69) is 4.98 Å². The summed E-state index contributed by atoms with van der Waals surface area (Å²) in [5.41, 5.74) is 0.0606. The maximum absolute atomic E-state index is 12.7. The van der Waals surface area contributed by atoms with Gasteiger partial charge in [-0.15, -0.1) is 11.3 Å². The summed E-state index contributed by atoms with van der Waals surface area (Å²) >= 11 is 7.71. The molecule has 0 aliphatic carbocycles. The van der Waals surface area contributed by atoms with Crippen molar-refractivity contribution in [2.75, 3.05) is 7.05 Å². The van der Waals surface area contributed by atoms with Gasteiger partial charge in [0.2, 0.25) is 0 Å². The highest BCUT2D eigenvalue weighted by Crippen LogP contribution is 2.32. The molecular formula is C23H22ClF3N2O3S. The van der Waals surface area contributed by atoms with Crippen LogP contribution in [0.15, 0.2) is 47.8 Å². The van der Waals surface area contributed by atoms with Crippen LogP contribution in [-0.4, -0.2) is 33.6 Å². The summed E-state index contributed by atoms with van der Waals surface area (Å²) in [5, 5.41) is 12.2. The zero-order valence-corrected chi connectivity index (χ0v) is 19.7. The average molecular weight is 499 g/mol. The predicted molar refractivity (Wildman–Crippen MR) is 122 cm³/mol. The highest BCUT2D eigenvalue weighted by molar-refractivity contribution is 7.09. The number of hydrogen-bond donors (Lipinski definition) is 1. The molecule has 0 amide bonds. The summed E-state index contributed by atoms with van der Waals surface area (Å²) in [5.74, 6) is -0.807. The molecule has 0 unspecified atom stereocenters. The van der Waals surface area contributed by atoms with E-state index in [1.165, 1.54) is 37.3 Å². The highest BCUT2D eigenvalue weighted by Gasteiger charge is 2.31. The SMILES string of the molecule is CN(Cc1ccc(OC(C)(C)C(=O)O)c(Cl)c1)Cc1nc(-c2ccc(C(F)(F)F)cc2)cs1. The topological polar surface area (TPSA) is 62.7 Å². The Bertz CT molecular complexity index is 1130. The van der Waals surface area contributed by atoms with Gasteiger partial charge in [0, 0.05) is 17.5 Å². The molecule has 0 saturated carbocycles. The minimum Gasteiger partial charge on any atom is -0.478 e. The smallest absolute Gasteiger partial charge is 0.416 e. The van der Waals surface area contributed by atoms with E-state index in [-0.39, 0.29) is 5.75 Å². The molecule has 10 heteroatoms. The van der Waals surface area contributed by atoms with Gasteiger partial charge in [-0.3, -0.25) is 4.90 Å². The van der Waals surface area contributed by atoms with E-state index in [0.717, 1.165) is 22.7 Å². The first kappa shape index (κ1) is 25.0.